The van der Waals surface area contributed by atoms with E-state index in [0.29, 0.717) is 10.3 Å². The third-order valence-corrected chi connectivity index (χ3v) is 3.04. The minimum atomic E-state index is -0.899. The van der Waals surface area contributed by atoms with Crippen LogP contribution in [0.15, 0.2) is 22.8 Å². The van der Waals surface area contributed by atoms with E-state index in [4.69, 9.17) is 0 Å². The summed E-state index contributed by atoms with van der Waals surface area (Å²) in [6, 6.07) is 5.08. The van der Waals surface area contributed by atoms with Crippen LogP contribution in [-0.2, 0) is 11.2 Å². The first-order valence-electron chi connectivity index (χ1n) is 5.17. The number of aromatic nitrogens is 1. The van der Waals surface area contributed by atoms with Gasteiger partial charge in [-0.1, -0.05) is 6.07 Å². The zero-order valence-electron chi connectivity index (χ0n) is 8.62. The molecule has 0 radical (unpaired) electrons. The van der Waals surface area contributed by atoms with Crippen LogP contribution in [0.25, 0.3) is 0 Å². The summed E-state index contributed by atoms with van der Waals surface area (Å²) in [5, 5.41) is 2.88. The molecule has 1 aliphatic rings. The van der Waals surface area contributed by atoms with E-state index in [1.54, 1.807) is 12.1 Å². The highest BCUT2D eigenvalue weighted by atomic mass is 79.9. The maximum Gasteiger partial charge on any atom is 0.155 e. The van der Waals surface area contributed by atoms with Crippen molar-refractivity contribution in [3.63, 3.8) is 0 Å². The molecule has 0 spiro atoms. The van der Waals surface area contributed by atoms with E-state index in [-0.39, 0.29) is 31.2 Å². The largest absolute Gasteiger partial charge is 0.304 e. The van der Waals surface area contributed by atoms with Gasteiger partial charge in [-0.3, -0.25) is 4.79 Å². The Bertz CT molecular complexity index is 399. The number of Topliss-reactive ketones (excluding diaryl/α,β-unsaturated/α-hetero) is 1. The topological polar surface area (TPSA) is 42.0 Å². The van der Waals surface area contributed by atoms with Gasteiger partial charge in [0.15, 0.2) is 5.78 Å². The van der Waals surface area contributed by atoms with Gasteiger partial charge in [-0.15, -0.1) is 0 Å². The van der Waals surface area contributed by atoms with Crippen LogP contribution >= 0.6 is 15.9 Å². The third-order valence-electron chi connectivity index (χ3n) is 2.59. The van der Waals surface area contributed by atoms with Crippen molar-refractivity contribution in [2.75, 3.05) is 6.54 Å². The Labute approximate surface area is 102 Å². The van der Waals surface area contributed by atoms with Gasteiger partial charge in [-0.2, -0.15) is 0 Å². The number of alkyl halides is 1. The van der Waals surface area contributed by atoms with Crippen LogP contribution in [-0.4, -0.2) is 29.5 Å². The molecule has 5 heteroatoms. The fourth-order valence-corrected chi connectivity index (χ4v) is 2.17. The van der Waals surface area contributed by atoms with Gasteiger partial charge in [0.1, 0.15) is 10.8 Å². The zero-order valence-corrected chi connectivity index (χ0v) is 10.2. The van der Waals surface area contributed by atoms with Crippen LogP contribution < -0.4 is 5.32 Å². The Hall–Kier alpha value is -0.810. The van der Waals surface area contributed by atoms with Gasteiger partial charge >= 0.3 is 0 Å². The predicted octanol–water partition coefficient (Wildman–Crippen LogP) is 1.66. The van der Waals surface area contributed by atoms with Gasteiger partial charge in [0, 0.05) is 18.7 Å². The SMILES string of the molecule is O=C(Cc1cccc(Br)n1)C1C[C@@H](F)CN1. The lowest BCUT2D eigenvalue weighted by Crippen LogP contribution is -2.32. The van der Waals surface area contributed by atoms with E-state index < -0.39 is 6.17 Å². The van der Waals surface area contributed by atoms with Crippen molar-refractivity contribution in [3.8, 4) is 0 Å². The van der Waals surface area contributed by atoms with Crippen molar-refractivity contribution in [1.29, 1.82) is 0 Å². The van der Waals surface area contributed by atoms with Gasteiger partial charge < -0.3 is 5.32 Å². The van der Waals surface area contributed by atoms with Gasteiger partial charge in [0.25, 0.3) is 0 Å². The first-order chi connectivity index (χ1) is 7.65. The number of ketones is 1. The fourth-order valence-electron chi connectivity index (χ4n) is 1.79. The molecule has 2 atom stereocenters. The van der Waals surface area contributed by atoms with Crippen LogP contribution in [0.5, 0.6) is 0 Å². The van der Waals surface area contributed by atoms with Crippen molar-refractivity contribution in [2.45, 2.75) is 25.1 Å². The molecule has 0 amide bonds. The van der Waals surface area contributed by atoms with Crippen LogP contribution in [0, 0.1) is 0 Å². The molecule has 1 aliphatic heterocycles. The normalized spacial score (nSPS) is 24.6. The van der Waals surface area contributed by atoms with Crippen LogP contribution in [0.3, 0.4) is 0 Å². The molecule has 2 rings (SSSR count). The van der Waals surface area contributed by atoms with Gasteiger partial charge in [0.2, 0.25) is 0 Å². The van der Waals surface area contributed by atoms with E-state index in [1.807, 2.05) is 6.07 Å². The number of pyridine rings is 1. The Morgan fingerprint density at radius 3 is 3.06 bits per heavy atom. The summed E-state index contributed by atoms with van der Waals surface area (Å²) >= 11 is 3.25. The number of nitrogens with zero attached hydrogens (tertiary/aromatic N) is 1. The second-order valence-corrected chi connectivity index (χ2v) is 4.70. The lowest BCUT2D eigenvalue weighted by atomic mass is 10.1. The van der Waals surface area contributed by atoms with Gasteiger partial charge in [0.05, 0.1) is 12.5 Å². The zero-order chi connectivity index (χ0) is 11.5. The molecule has 16 heavy (non-hydrogen) atoms. The number of carbonyl (C=O) groups is 1. The molecule has 1 fully saturated rings. The molecule has 0 bridgehead atoms. The number of nitrogens with one attached hydrogen (secondary N) is 1. The Morgan fingerprint density at radius 1 is 1.62 bits per heavy atom. The van der Waals surface area contributed by atoms with Crippen molar-refractivity contribution < 1.29 is 9.18 Å². The van der Waals surface area contributed by atoms with Crippen molar-refractivity contribution in [2.24, 2.45) is 0 Å². The second-order valence-electron chi connectivity index (χ2n) is 3.89. The standard InChI is InChI=1S/C11H12BrFN2O/c12-11-3-1-2-8(15-11)5-10(16)9-4-7(13)6-14-9/h1-3,7,9,14H,4-6H2/t7-,9?/m1/s1. The van der Waals surface area contributed by atoms with Crippen molar-refractivity contribution >= 4 is 21.7 Å². The molecular formula is C11H12BrFN2O. The average molecular weight is 287 g/mol. The smallest absolute Gasteiger partial charge is 0.155 e. The fraction of sp³-hybridized carbons (Fsp3) is 0.455. The quantitative estimate of drug-likeness (QED) is 0.860. The molecule has 0 aliphatic carbocycles. The van der Waals surface area contributed by atoms with Crippen molar-refractivity contribution in [1.82, 2.24) is 10.3 Å². The molecule has 2 heterocycles. The van der Waals surface area contributed by atoms with E-state index in [9.17, 15) is 9.18 Å². The van der Waals surface area contributed by atoms with Gasteiger partial charge in [-0.05, 0) is 28.1 Å². The monoisotopic (exact) mass is 286 g/mol. The minimum absolute atomic E-state index is 0.00532. The Balaban J connectivity index is 1.97. The van der Waals surface area contributed by atoms with E-state index in [2.05, 4.69) is 26.2 Å². The molecule has 86 valence electrons. The molecule has 1 saturated heterocycles. The number of rotatable bonds is 3. The Kier molecular flexibility index (Phi) is 3.66. The predicted molar refractivity (Wildman–Crippen MR) is 62.0 cm³/mol. The van der Waals surface area contributed by atoms with Crippen LogP contribution in [0.1, 0.15) is 12.1 Å². The first-order valence-corrected chi connectivity index (χ1v) is 5.96. The summed E-state index contributed by atoms with van der Waals surface area (Å²) < 4.78 is 13.6. The van der Waals surface area contributed by atoms with E-state index in [0.717, 1.165) is 0 Å². The lowest BCUT2D eigenvalue weighted by molar-refractivity contribution is -0.120. The lowest BCUT2D eigenvalue weighted by Gasteiger charge is -2.08. The summed E-state index contributed by atoms with van der Waals surface area (Å²) in [6.07, 6.45) is -0.360. The first kappa shape index (κ1) is 11.7. The number of hydrogen-bond donors (Lipinski definition) is 1. The molecule has 0 aromatic carbocycles. The molecule has 1 unspecified atom stereocenters. The summed E-state index contributed by atoms with van der Waals surface area (Å²) in [4.78, 5) is 16.0. The highest BCUT2D eigenvalue weighted by Crippen LogP contribution is 2.13. The van der Waals surface area contributed by atoms with E-state index >= 15 is 0 Å². The summed E-state index contributed by atoms with van der Waals surface area (Å²) in [5.74, 6) is 0.00532. The molecule has 0 saturated carbocycles. The highest BCUT2D eigenvalue weighted by molar-refractivity contribution is 9.10. The van der Waals surface area contributed by atoms with Crippen LogP contribution in [0.2, 0.25) is 0 Å². The number of hydrogen-bond acceptors (Lipinski definition) is 3. The minimum Gasteiger partial charge on any atom is -0.304 e. The van der Waals surface area contributed by atoms with Crippen molar-refractivity contribution in [3.05, 3.63) is 28.5 Å². The maximum atomic E-state index is 12.9. The third kappa shape index (κ3) is 2.86. The van der Waals surface area contributed by atoms with E-state index in [1.165, 1.54) is 0 Å². The van der Waals surface area contributed by atoms with Crippen LogP contribution in [0.4, 0.5) is 4.39 Å². The Morgan fingerprint density at radius 2 is 2.44 bits per heavy atom. The maximum absolute atomic E-state index is 12.9. The highest BCUT2D eigenvalue weighted by Gasteiger charge is 2.28. The summed E-state index contributed by atoms with van der Waals surface area (Å²) in [6.45, 7) is 0.280. The van der Waals surface area contributed by atoms with Gasteiger partial charge in [-0.25, -0.2) is 9.37 Å². The second kappa shape index (κ2) is 5.01. The molecule has 1 aromatic heterocycles. The summed E-state index contributed by atoms with van der Waals surface area (Å²) in [7, 11) is 0. The summed E-state index contributed by atoms with van der Waals surface area (Å²) in [5.41, 5.74) is 0.712. The average Bonchev–Trinajstić information content (AvgIpc) is 2.65. The molecule has 3 nitrogen and oxygen atoms in total. The number of carbonyl (C=O) groups excluding carboxylic acids is 1. The molecule has 1 aromatic rings. The molecule has 1 N–H and O–H groups in total. The number of halogens is 2. The molecular weight excluding hydrogens is 275 g/mol.